The molecule has 1 saturated heterocycles. The number of ether oxygens (including phenoxy) is 1. The van der Waals surface area contributed by atoms with Crippen molar-refractivity contribution in [1.82, 2.24) is 19.6 Å². The number of fused-ring (bicyclic) bond motifs is 1. The lowest BCUT2D eigenvalue weighted by molar-refractivity contribution is -0.144. The van der Waals surface area contributed by atoms with Crippen LogP contribution in [0.2, 0.25) is 0 Å². The minimum atomic E-state index is -4.59. The Morgan fingerprint density at radius 1 is 1.35 bits per heavy atom. The number of rotatable bonds is 3. The minimum Gasteiger partial charge on any atom is -0.376 e. The van der Waals surface area contributed by atoms with E-state index < -0.39 is 12.0 Å². The van der Waals surface area contributed by atoms with Gasteiger partial charge in [-0.2, -0.15) is 22.7 Å². The summed E-state index contributed by atoms with van der Waals surface area (Å²) in [5.74, 6) is -0.715. The van der Waals surface area contributed by atoms with E-state index in [1.54, 1.807) is 20.0 Å². The predicted octanol–water partition coefficient (Wildman–Crippen LogP) is 2.46. The maximum Gasteiger partial charge on any atom is 0.453 e. The highest BCUT2D eigenvalue weighted by Crippen LogP contribution is 2.27. The molecular weight excluding hydrogens is 311 g/mol. The van der Waals surface area contributed by atoms with Crippen LogP contribution in [0.5, 0.6) is 0 Å². The van der Waals surface area contributed by atoms with Gasteiger partial charge in [-0.05, 0) is 26.2 Å². The maximum atomic E-state index is 12.8. The van der Waals surface area contributed by atoms with E-state index in [1.807, 2.05) is 4.90 Å². The number of aromatic nitrogens is 4. The molecule has 1 aliphatic heterocycles. The molecule has 0 unspecified atom stereocenters. The maximum absolute atomic E-state index is 12.8. The van der Waals surface area contributed by atoms with E-state index in [0.717, 1.165) is 30.4 Å². The van der Waals surface area contributed by atoms with Crippen LogP contribution >= 0.6 is 0 Å². The van der Waals surface area contributed by atoms with Crippen LogP contribution < -0.4 is 4.90 Å². The zero-order valence-corrected chi connectivity index (χ0v) is 13.0. The van der Waals surface area contributed by atoms with Crippen LogP contribution in [0, 0.1) is 6.92 Å². The summed E-state index contributed by atoms with van der Waals surface area (Å²) in [7, 11) is 1.81. The first-order valence-electron chi connectivity index (χ1n) is 7.49. The van der Waals surface area contributed by atoms with Crippen molar-refractivity contribution < 1.29 is 17.9 Å². The van der Waals surface area contributed by atoms with Crippen LogP contribution in [0.4, 0.5) is 19.0 Å². The predicted molar refractivity (Wildman–Crippen MR) is 77.4 cm³/mol. The Morgan fingerprint density at radius 2 is 2.13 bits per heavy atom. The molecule has 1 atom stereocenters. The Morgan fingerprint density at radius 3 is 2.78 bits per heavy atom. The fraction of sp³-hybridized carbons (Fsp3) is 0.643. The second kappa shape index (κ2) is 5.95. The summed E-state index contributed by atoms with van der Waals surface area (Å²) in [5.41, 5.74) is 0.588. The molecule has 0 N–H and O–H groups in total. The monoisotopic (exact) mass is 329 g/mol. The second-order valence-corrected chi connectivity index (χ2v) is 5.77. The topological polar surface area (TPSA) is 55.6 Å². The van der Waals surface area contributed by atoms with Gasteiger partial charge in [-0.1, -0.05) is 0 Å². The number of hydrogen-bond donors (Lipinski definition) is 0. The summed E-state index contributed by atoms with van der Waals surface area (Å²) in [6, 6.07) is 1.70. The first kappa shape index (κ1) is 16.0. The van der Waals surface area contributed by atoms with Gasteiger partial charge < -0.3 is 9.64 Å². The molecule has 0 bridgehead atoms. The number of likely N-dealkylation sites (N-methyl/N-ethyl adjacent to an activating group) is 1. The number of hydrogen-bond acceptors (Lipinski definition) is 5. The Kier molecular flexibility index (Phi) is 4.13. The quantitative estimate of drug-likeness (QED) is 0.866. The van der Waals surface area contributed by atoms with E-state index in [0.29, 0.717) is 18.1 Å². The Hall–Kier alpha value is -1.90. The van der Waals surface area contributed by atoms with Crippen LogP contribution in [0.1, 0.15) is 30.8 Å². The lowest BCUT2D eigenvalue weighted by Crippen LogP contribution is -2.34. The molecule has 1 aliphatic rings. The molecular formula is C14H18F3N5O. The molecule has 6 nitrogen and oxygen atoms in total. The van der Waals surface area contributed by atoms with Crippen molar-refractivity contribution in [2.45, 2.75) is 38.5 Å². The van der Waals surface area contributed by atoms with Gasteiger partial charge in [0, 0.05) is 32.0 Å². The van der Waals surface area contributed by atoms with Gasteiger partial charge in [0.25, 0.3) is 11.6 Å². The molecule has 2 aromatic heterocycles. The van der Waals surface area contributed by atoms with Gasteiger partial charge in [0.05, 0.1) is 6.10 Å². The van der Waals surface area contributed by atoms with Crippen molar-refractivity contribution in [3.8, 4) is 0 Å². The SMILES string of the molecule is Cc1cc(N(C)C[C@@H]2CCCCO2)n2nc(C(F)(F)F)nc2n1. The molecule has 1 fully saturated rings. The lowest BCUT2D eigenvalue weighted by atomic mass is 10.1. The molecule has 0 radical (unpaired) electrons. The van der Waals surface area contributed by atoms with E-state index in [-0.39, 0.29) is 11.9 Å². The molecule has 9 heteroatoms. The molecule has 126 valence electrons. The number of aryl methyl sites for hydroxylation is 1. The second-order valence-electron chi connectivity index (χ2n) is 5.77. The number of halogens is 3. The molecule has 0 aliphatic carbocycles. The van der Waals surface area contributed by atoms with Crippen molar-refractivity contribution in [3.05, 3.63) is 17.6 Å². The summed E-state index contributed by atoms with van der Waals surface area (Å²) in [4.78, 5) is 9.36. The van der Waals surface area contributed by atoms with E-state index in [2.05, 4.69) is 15.1 Å². The summed E-state index contributed by atoms with van der Waals surface area (Å²) in [6.07, 6.45) is -1.42. The van der Waals surface area contributed by atoms with Crippen molar-refractivity contribution in [3.63, 3.8) is 0 Å². The highest BCUT2D eigenvalue weighted by Gasteiger charge is 2.37. The average Bonchev–Trinajstić information content (AvgIpc) is 2.91. The zero-order valence-electron chi connectivity index (χ0n) is 13.0. The lowest BCUT2D eigenvalue weighted by Gasteiger charge is -2.28. The van der Waals surface area contributed by atoms with Gasteiger partial charge >= 0.3 is 6.18 Å². The Bertz CT molecular complexity index is 694. The average molecular weight is 329 g/mol. The highest BCUT2D eigenvalue weighted by atomic mass is 19.4. The summed E-state index contributed by atoms with van der Waals surface area (Å²) in [5, 5.41) is 3.57. The molecule has 2 aromatic rings. The molecule has 3 heterocycles. The van der Waals surface area contributed by atoms with Gasteiger partial charge in [-0.25, -0.2) is 4.98 Å². The molecule has 23 heavy (non-hydrogen) atoms. The first-order valence-corrected chi connectivity index (χ1v) is 7.49. The first-order chi connectivity index (χ1) is 10.8. The van der Waals surface area contributed by atoms with E-state index in [1.165, 1.54) is 0 Å². The van der Waals surface area contributed by atoms with Gasteiger partial charge in [-0.15, -0.1) is 5.10 Å². The largest absolute Gasteiger partial charge is 0.453 e. The van der Waals surface area contributed by atoms with Crippen LogP contribution in [-0.4, -0.2) is 45.9 Å². The van der Waals surface area contributed by atoms with E-state index in [4.69, 9.17) is 4.74 Å². The normalized spacial score (nSPS) is 19.3. The summed E-state index contributed by atoms with van der Waals surface area (Å²) in [6.45, 7) is 3.03. The third kappa shape index (κ3) is 3.39. The smallest absolute Gasteiger partial charge is 0.376 e. The highest BCUT2D eigenvalue weighted by molar-refractivity contribution is 5.47. The Labute approximate surface area is 131 Å². The summed E-state index contributed by atoms with van der Waals surface area (Å²) < 4.78 is 45.3. The minimum absolute atomic E-state index is 0.0521. The Balaban J connectivity index is 1.93. The molecule has 0 amide bonds. The molecule has 0 spiro atoms. The summed E-state index contributed by atoms with van der Waals surface area (Å²) >= 11 is 0. The van der Waals surface area contributed by atoms with Gasteiger partial charge in [0.2, 0.25) is 0 Å². The fourth-order valence-corrected chi connectivity index (χ4v) is 2.71. The van der Waals surface area contributed by atoms with Crippen molar-refractivity contribution in [2.75, 3.05) is 25.1 Å². The fourth-order valence-electron chi connectivity index (χ4n) is 2.71. The number of alkyl halides is 3. The third-order valence-electron chi connectivity index (χ3n) is 3.82. The van der Waals surface area contributed by atoms with Crippen LogP contribution in [0.15, 0.2) is 6.07 Å². The molecule has 3 rings (SSSR count). The zero-order chi connectivity index (χ0) is 16.6. The van der Waals surface area contributed by atoms with Gasteiger partial charge in [0.1, 0.15) is 5.82 Å². The number of anilines is 1. The van der Waals surface area contributed by atoms with Crippen LogP contribution in [0.25, 0.3) is 5.78 Å². The van der Waals surface area contributed by atoms with Crippen molar-refractivity contribution in [2.24, 2.45) is 0 Å². The third-order valence-corrected chi connectivity index (χ3v) is 3.82. The van der Waals surface area contributed by atoms with Crippen LogP contribution in [-0.2, 0) is 10.9 Å². The van der Waals surface area contributed by atoms with E-state index in [9.17, 15) is 13.2 Å². The number of nitrogens with zero attached hydrogens (tertiary/aromatic N) is 5. The van der Waals surface area contributed by atoms with Crippen molar-refractivity contribution in [1.29, 1.82) is 0 Å². The van der Waals surface area contributed by atoms with Crippen LogP contribution in [0.3, 0.4) is 0 Å². The van der Waals surface area contributed by atoms with Crippen molar-refractivity contribution >= 4 is 11.6 Å². The standard InChI is InChI=1S/C14H18F3N5O/c1-9-7-11(21(2)8-10-5-3-4-6-23-10)22-13(18-9)19-12(20-22)14(15,16)17/h7,10H,3-6,8H2,1-2H3/t10-/m0/s1. The van der Waals surface area contributed by atoms with Gasteiger partial charge in [-0.3, -0.25) is 0 Å². The van der Waals surface area contributed by atoms with Gasteiger partial charge in [0.15, 0.2) is 0 Å². The molecule has 0 aromatic carbocycles. The van der Waals surface area contributed by atoms with E-state index >= 15 is 0 Å². The molecule has 0 saturated carbocycles.